The first-order valence-electron chi connectivity index (χ1n) is 8.76. The predicted octanol–water partition coefficient (Wildman–Crippen LogP) is 2.95. The van der Waals surface area contributed by atoms with Crippen molar-refractivity contribution in [1.29, 1.82) is 0 Å². The number of carbonyl (C=O) groups excluding carboxylic acids is 1. The molecule has 26 heavy (non-hydrogen) atoms. The quantitative estimate of drug-likeness (QED) is 0.223. The molecule has 3 N–H and O–H groups in total. The van der Waals surface area contributed by atoms with Gasteiger partial charge in [0.2, 0.25) is 0 Å². The monoisotopic (exact) mass is 497 g/mol. The first-order valence-corrected chi connectivity index (χ1v) is 9.58. The molecule has 9 heteroatoms. The minimum Gasteiger partial charge on any atom is -0.444 e. The number of ether oxygens (including phenoxy) is 1. The largest absolute Gasteiger partial charge is 0.444 e. The lowest BCUT2D eigenvalue weighted by Crippen LogP contribution is -2.42. The molecular weight excluding hydrogens is 465 g/mol. The second-order valence-corrected chi connectivity index (χ2v) is 7.64. The third kappa shape index (κ3) is 11.5. The molecule has 0 aliphatic heterocycles. The van der Waals surface area contributed by atoms with Gasteiger partial charge in [0.1, 0.15) is 5.60 Å². The molecule has 0 aromatic carbocycles. The molecule has 0 fully saturated rings. The SMILES string of the molecule is CCNC(=NCCc1ncc(CC)s1)NCCNC(=O)OC(C)(C)C.I. The normalized spacial score (nSPS) is 11.5. The summed E-state index contributed by atoms with van der Waals surface area (Å²) < 4.78 is 5.19. The van der Waals surface area contributed by atoms with Crippen LogP contribution in [0.25, 0.3) is 0 Å². The number of halogens is 1. The van der Waals surface area contributed by atoms with Gasteiger partial charge in [0.25, 0.3) is 0 Å². The summed E-state index contributed by atoms with van der Waals surface area (Å²) in [5.74, 6) is 0.737. The second-order valence-electron chi connectivity index (χ2n) is 6.44. The van der Waals surface area contributed by atoms with Crippen molar-refractivity contribution in [2.24, 2.45) is 4.99 Å². The molecule has 0 saturated heterocycles. The summed E-state index contributed by atoms with van der Waals surface area (Å²) in [5.41, 5.74) is -0.485. The third-order valence-corrected chi connectivity index (χ3v) is 4.18. The van der Waals surface area contributed by atoms with Crippen molar-refractivity contribution >= 4 is 47.4 Å². The highest BCUT2D eigenvalue weighted by molar-refractivity contribution is 14.0. The first-order chi connectivity index (χ1) is 11.8. The number of alkyl carbamates (subject to hydrolysis) is 1. The molecule has 0 bridgehead atoms. The Morgan fingerprint density at radius 1 is 1.23 bits per heavy atom. The van der Waals surface area contributed by atoms with E-state index in [1.807, 2.05) is 33.9 Å². The number of thiazole rings is 1. The summed E-state index contributed by atoms with van der Waals surface area (Å²) in [7, 11) is 0. The van der Waals surface area contributed by atoms with Crippen molar-refractivity contribution < 1.29 is 9.53 Å². The van der Waals surface area contributed by atoms with Gasteiger partial charge in [0.15, 0.2) is 5.96 Å². The number of hydrogen-bond acceptors (Lipinski definition) is 5. The van der Waals surface area contributed by atoms with Gasteiger partial charge in [-0.3, -0.25) is 4.99 Å². The van der Waals surface area contributed by atoms with Crippen LogP contribution in [0.5, 0.6) is 0 Å². The maximum absolute atomic E-state index is 11.6. The highest BCUT2D eigenvalue weighted by Gasteiger charge is 2.15. The molecule has 0 saturated carbocycles. The lowest BCUT2D eigenvalue weighted by atomic mass is 10.2. The average molecular weight is 497 g/mol. The number of carbonyl (C=O) groups is 1. The maximum atomic E-state index is 11.6. The number of nitrogens with one attached hydrogen (secondary N) is 3. The van der Waals surface area contributed by atoms with Crippen LogP contribution in [0.1, 0.15) is 44.5 Å². The minimum absolute atomic E-state index is 0. The lowest BCUT2D eigenvalue weighted by molar-refractivity contribution is 0.0529. The molecule has 1 heterocycles. The van der Waals surface area contributed by atoms with Crippen LogP contribution >= 0.6 is 35.3 Å². The molecule has 150 valence electrons. The number of aromatic nitrogens is 1. The van der Waals surface area contributed by atoms with Crippen LogP contribution in [0, 0.1) is 0 Å². The average Bonchev–Trinajstić information content (AvgIpc) is 2.97. The Morgan fingerprint density at radius 3 is 2.50 bits per heavy atom. The molecule has 0 spiro atoms. The topological polar surface area (TPSA) is 87.6 Å². The molecule has 1 rings (SSSR count). The molecule has 1 amide bonds. The maximum Gasteiger partial charge on any atom is 0.407 e. The highest BCUT2D eigenvalue weighted by Crippen LogP contribution is 2.13. The number of aryl methyl sites for hydroxylation is 1. The third-order valence-electron chi connectivity index (χ3n) is 2.98. The van der Waals surface area contributed by atoms with E-state index in [4.69, 9.17) is 4.74 Å². The van der Waals surface area contributed by atoms with Gasteiger partial charge in [-0.25, -0.2) is 9.78 Å². The molecule has 0 radical (unpaired) electrons. The summed E-state index contributed by atoms with van der Waals surface area (Å²) in [6.45, 7) is 12.2. The summed E-state index contributed by atoms with van der Waals surface area (Å²) >= 11 is 1.74. The van der Waals surface area contributed by atoms with Crippen molar-refractivity contribution in [2.75, 3.05) is 26.2 Å². The Bertz CT molecular complexity index is 558. The Labute approximate surface area is 177 Å². The van der Waals surface area contributed by atoms with Gasteiger partial charge in [-0.2, -0.15) is 0 Å². The molecular formula is C17H32IN5O2S. The summed E-state index contributed by atoms with van der Waals surface area (Å²) in [4.78, 5) is 21.8. The summed E-state index contributed by atoms with van der Waals surface area (Å²) in [6, 6.07) is 0. The number of amides is 1. The van der Waals surface area contributed by atoms with E-state index in [2.05, 4.69) is 32.9 Å². The number of hydrogen-bond donors (Lipinski definition) is 3. The first kappa shape index (κ1) is 24.9. The van der Waals surface area contributed by atoms with Crippen molar-refractivity contribution in [3.05, 3.63) is 16.1 Å². The summed E-state index contributed by atoms with van der Waals surface area (Å²) in [5, 5.41) is 10.2. The van der Waals surface area contributed by atoms with Gasteiger partial charge >= 0.3 is 6.09 Å². The Balaban J connectivity index is 0.00000625. The van der Waals surface area contributed by atoms with E-state index in [1.165, 1.54) is 4.88 Å². The van der Waals surface area contributed by atoms with E-state index in [-0.39, 0.29) is 24.0 Å². The van der Waals surface area contributed by atoms with Gasteiger partial charge in [-0.1, -0.05) is 6.92 Å². The molecule has 0 aliphatic rings. The standard InChI is InChI=1S/C17H31N5O2S.HI/c1-6-13-12-22-14(25-13)8-9-19-15(18-7-2)20-10-11-21-16(23)24-17(3,4)5;/h12H,6-11H2,1-5H3,(H,21,23)(H2,18,19,20);1H. The van der Waals surface area contributed by atoms with E-state index in [1.54, 1.807) is 11.3 Å². The zero-order valence-corrected chi connectivity index (χ0v) is 19.5. The summed E-state index contributed by atoms with van der Waals surface area (Å²) in [6.07, 6.45) is 3.38. The lowest BCUT2D eigenvalue weighted by Gasteiger charge is -2.19. The van der Waals surface area contributed by atoms with Crippen LogP contribution in [0.15, 0.2) is 11.2 Å². The smallest absolute Gasteiger partial charge is 0.407 e. The minimum atomic E-state index is -0.485. The fourth-order valence-electron chi connectivity index (χ4n) is 1.89. The Kier molecular flexibility index (Phi) is 12.6. The highest BCUT2D eigenvalue weighted by atomic mass is 127. The Hall–Kier alpha value is -1.10. The van der Waals surface area contributed by atoms with E-state index in [9.17, 15) is 4.79 Å². The van der Waals surface area contributed by atoms with Crippen LogP contribution in [0.3, 0.4) is 0 Å². The van der Waals surface area contributed by atoms with Crippen molar-refractivity contribution in [2.45, 2.75) is 53.1 Å². The number of nitrogens with zero attached hydrogens (tertiary/aromatic N) is 2. The van der Waals surface area contributed by atoms with Crippen molar-refractivity contribution in [3.8, 4) is 0 Å². The molecule has 1 aromatic rings. The van der Waals surface area contributed by atoms with Crippen LogP contribution in [-0.2, 0) is 17.6 Å². The van der Waals surface area contributed by atoms with Crippen LogP contribution < -0.4 is 16.0 Å². The molecule has 1 aromatic heterocycles. The number of rotatable bonds is 8. The zero-order valence-electron chi connectivity index (χ0n) is 16.3. The number of aliphatic imine (C=N–C) groups is 1. The van der Waals surface area contributed by atoms with Gasteiger partial charge < -0.3 is 20.7 Å². The van der Waals surface area contributed by atoms with E-state index < -0.39 is 11.7 Å². The van der Waals surface area contributed by atoms with Gasteiger partial charge in [0.05, 0.1) is 5.01 Å². The zero-order chi connectivity index (χ0) is 18.7. The molecule has 0 aliphatic carbocycles. The predicted molar refractivity (Wildman–Crippen MR) is 119 cm³/mol. The molecule has 0 atom stereocenters. The Morgan fingerprint density at radius 2 is 1.92 bits per heavy atom. The van der Waals surface area contributed by atoms with E-state index in [0.717, 1.165) is 30.4 Å². The van der Waals surface area contributed by atoms with Gasteiger partial charge in [-0.15, -0.1) is 35.3 Å². The van der Waals surface area contributed by atoms with Crippen molar-refractivity contribution in [3.63, 3.8) is 0 Å². The van der Waals surface area contributed by atoms with Crippen molar-refractivity contribution in [1.82, 2.24) is 20.9 Å². The fraction of sp³-hybridized carbons (Fsp3) is 0.706. The van der Waals surface area contributed by atoms with E-state index >= 15 is 0 Å². The second kappa shape index (κ2) is 13.1. The van der Waals surface area contributed by atoms with E-state index in [0.29, 0.717) is 19.6 Å². The van der Waals surface area contributed by atoms with Crippen LogP contribution in [-0.4, -0.2) is 48.8 Å². The van der Waals surface area contributed by atoms with Crippen LogP contribution in [0.2, 0.25) is 0 Å². The molecule has 7 nitrogen and oxygen atoms in total. The molecule has 0 unspecified atom stereocenters. The van der Waals surface area contributed by atoms with Gasteiger partial charge in [-0.05, 0) is 34.1 Å². The number of guanidine groups is 1. The van der Waals surface area contributed by atoms with Crippen LogP contribution in [0.4, 0.5) is 4.79 Å². The van der Waals surface area contributed by atoms with Gasteiger partial charge in [0, 0.05) is 43.7 Å². The fourth-order valence-corrected chi connectivity index (χ4v) is 2.74.